The molecule has 8 heteroatoms. The van der Waals surface area contributed by atoms with E-state index in [1.165, 1.54) is 5.56 Å². The molecule has 2 aliphatic rings. The maximum absolute atomic E-state index is 12.0. The standard InChI is InChI=1S/C16H23NO4.C12H17NO2/c1-15(2,3)21-14(20)17-16(10-18)8-7-11-5-4-6-13(19)12(11)9-16;1-15-11-4-2-3-9-5-6-12(13,8-14)7-10(9)11/h4-6,18-19H,7-10H2,1-3H3,(H,17,20);2-4,14H,5-8,13H2,1H3. The average molecular weight is 501 g/mol. The van der Waals surface area contributed by atoms with Crippen LogP contribution in [-0.2, 0) is 30.4 Å². The third-order valence-electron chi connectivity index (χ3n) is 6.89. The largest absolute Gasteiger partial charge is 0.508 e. The number of aromatic hydroxyl groups is 1. The number of phenols is 1. The Bertz CT molecular complexity index is 1050. The predicted octanol–water partition coefficient (Wildman–Crippen LogP) is 3.01. The molecule has 2 unspecified atom stereocenters. The summed E-state index contributed by atoms with van der Waals surface area (Å²) in [6, 6.07) is 11.4. The summed E-state index contributed by atoms with van der Waals surface area (Å²) in [5.74, 6) is 1.09. The van der Waals surface area contributed by atoms with Crippen molar-refractivity contribution in [2.24, 2.45) is 5.73 Å². The normalized spacial score (nSPS) is 22.9. The molecule has 2 atom stereocenters. The molecule has 0 radical (unpaired) electrons. The predicted molar refractivity (Wildman–Crippen MR) is 138 cm³/mol. The highest BCUT2D eigenvalue weighted by Crippen LogP contribution is 2.34. The highest BCUT2D eigenvalue weighted by atomic mass is 16.6. The van der Waals surface area contributed by atoms with Gasteiger partial charge in [0.25, 0.3) is 0 Å². The number of rotatable bonds is 4. The Labute approximate surface area is 213 Å². The van der Waals surface area contributed by atoms with Crippen molar-refractivity contribution >= 4 is 6.09 Å². The molecule has 2 aromatic carbocycles. The number of phenolic OH excluding ortho intramolecular Hbond substituents is 1. The van der Waals surface area contributed by atoms with Gasteiger partial charge in [-0.25, -0.2) is 4.79 Å². The number of ether oxygens (including phenoxy) is 2. The van der Waals surface area contributed by atoms with Crippen molar-refractivity contribution in [3.05, 3.63) is 58.7 Å². The Kier molecular flexibility index (Phi) is 8.54. The van der Waals surface area contributed by atoms with E-state index in [0.29, 0.717) is 25.7 Å². The first-order valence-electron chi connectivity index (χ1n) is 12.4. The van der Waals surface area contributed by atoms with E-state index >= 15 is 0 Å². The first-order chi connectivity index (χ1) is 16.9. The number of alkyl carbamates (subject to hydrolysis) is 1. The summed E-state index contributed by atoms with van der Waals surface area (Å²) in [5.41, 5.74) is 8.55. The van der Waals surface area contributed by atoms with E-state index in [2.05, 4.69) is 11.4 Å². The second-order valence-corrected chi connectivity index (χ2v) is 11.0. The van der Waals surface area contributed by atoms with E-state index in [0.717, 1.165) is 35.3 Å². The zero-order valence-electron chi connectivity index (χ0n) is 21.8. The number of benzene rings is 2. The van der Waals surface area contributed by atoms with E-state index in [4.69, 9.17) is 15.2 Å². The van der Waals surface area contributed by atoms with Gasteiger partial charge >= 0.3 is 6.09 Å². The van der Waals surface area contributed by atoms with Gasteiger partial charge in [-0.15, -0.1) is 0 Å². The summed E-state index contributed by atoms with van der Waals surface area (Å²) in [5, 5.41) is 31.8. The zero-order chi connectivity index (χ0) is 26.6. The quantitative estimate of drug-likeness (QED) is 0.436. The highest BCUT2D eigenvalue weighted by Gasteiger charge is 2.37. The SMILES string of the molecule is CC(C)(C)OC(=O)NC1(CO)CCc2cccc(O)c2C1.COc1cccc2c1CC(N)(CO)CC2. The van der Waals surface area contributed by atoms with Crippen molar-refractivity contribution in [3.63, 3.8) is 0 Å². The fraction of sp³-hybridized carbons (Fsp3) is 0.536. The summed E-state index contributed by atoms with van der Waals surface area (Å²) in [6.45, 7) is 5.21. The Morgan fingerprint density at radius 1 is 1.00 bits per heavy atom. The van der Waals surface area contributed by atoms with Crippen LogP contribution in [0.2, 0.25) is 0 Å². The Balaban J connectivity index is 0.000000212. The molecule has 2 aromatic rings. The lowest BCUT2D eigenvalue weighted by Gasteiger charge is -2.38. The second kappa shape index (κ2) is 11.1. The van der Waals surface area contributed by atoms with E-state index in [9.17, 15) is 20.1 Å². The maximum atomic E-state index is 12.0. The number of amides is 1. The number of aryl methyl sites for hydroxylation is 2. The average Bonchev–Trinajstić information content (AvgIpc) is 2.83. The molecule has 198 valence electrons. The van der Waals surface area contributed by atoms with Crippen molar-refractivity contribution in [2.45, 2.75) is 76.0 Å². The van der Waals surface area contributed by atoms with Crippen LogP contribution in [0.5, 0.6) is 11.5 Å². The van der Waals surface area contributed by atoms with E-state index in [1.54, 1.807) is 40.0 Å². The number of methoxy groups -OCH3 is 1. The molecule has 0 bridgehead atoms. The Morgan fingerprint density at radius 3 is 2.25 bits per heavy atom. The van der Waals surface area contributed by atoms with Crippen molar-refractivity contribution in [2.75, 3.05) is 20.3 Å². The molecule has 0 fully saturated rings. The lowest BCUT2D eigenvalue weighted by atomic mass is 9.78. The van der Waals surface area contributed by atoms with Gasteiger partial charge < -0.3 is 35.8 Å². The van der Waals surface area contributed by atoms with Crippen LogP contribution in [0.4, 0.5) is 4.79 Å². The highest BCUT2D eigenvalue weighted by molar-refractivity contribution is 5.69. The molecule has 1 amide bonds. The molecule has 36 heavy (non-hydrogen) atoms. The zero-order valence-corrected chi connectivity index (χ0v) is 21.8. The third kappa shape index (κ3) is 6.69. The number of fused-ring (bicyclic) bond motifs is 2. The smallest absolute Gasteiger partial charge is 0.408 e. The minimum atomic E-state index is -0.784. The van der Waals surface area contributed by atoms with Crippen LogP contribution in [0.3, 0.4) is 0 Å². The van der Waals surface area contributed by atoms with Crippen LogP contribution < -0.4 is 15.8 Å². The summed E-state index contributed by atoms with van der Waals surface area (Å²) < 4.78 is 10.6. The molecular formula is C28H40N2O6. The van der Waals surface area contributed by atoms with Crippen molar-refractivity contribution in [1.82, 2.24) is 5.32 Å². The lowest BCUT2D eigenvalue weighted by molar-refractivity contribution is 0.0377. The third-order valence-corrected chi connectivity index (χ3v) is 6.89. The van der Waals surface area contributed by atoms with Crippen LogP contribution in [0.1, 0.15) is 55.9 Å². The van der Waals surface area contributed by atoms with Gasteiger partial charge in [0.2, 0.25) is 0 Å². The molecule has 0 spiro atoms. The van der Waals surface area contributed by atoms with Crippen molar-refractivity contribution < 1.29 is 29.6 Å². The van der Waals surface area contributed by atoms with Gasteiger partial charge in [-0.1, -0.05) is 24.3 Å². The first kappa shape index (κ1) is 27.8. The summed E-state index contributed by atoms with van der Waals surface area (Å²) in [6.07, 6.45) is 3.61. The fourth-order valence-corrected chi connectivity index (χ4v) is 4.86. The number of nitrogens with one attached hydrogen (secondary N) is 1. The van der Waals surface area contributed by atoms with Gasteiger partial charge in [0.1, 0.15) is 17.1 Å². The van der Waals surface area contributed by atoms with E-state index in [1.807, 2.05) is 18.2 Å². The van der Waals surface area contributed by atoms with Gasteiger partial charge in [-0.2, -0.15) is 0 Å². The number of hydrogen-bond donors (Lipinski definition) is 5. The summed E-state index contributed by atoms with van der Waals surface area (Å²) in [7, 11) is 1.67. The molecule has 0 aliphatic heterocycles. The van der Waals surface area contributed by atoms with Gasteiger partial charge in [-0.3, -0.25) is 0 Å². The molecule has 2 aliphatic carbocycles. The molecule has 0 saturated heterocycles. The molecule has 6 N–H and O–H groups in total. The van der Waals surface area contributed by atoms with Gasteiger partial charge in [0.05, 0.1) is 25.9 Å². The molecular weight excluding hydrogens is 460 g/mol. The Hall–Kier alpha value is -2.81. The van der Waals surface area contributed by atoms with Crippen LogP contribution >= 0.6 is 0 Å². The number of hydrogen-bond acceptors (Lipinski definition) is 7. The van der Waals surface area contributed by atoms with Crippen LogP contribution in [-0.4, -0.2) is 58.4 Å². The topological polar surface area (TPSA) is 134 Å². The van der Waals surface area contributed by atoms with Crippen molar-refractivity contribution in [3.8, 4) is 11.5 Å². The number of aliphatic hydroxyl groups excluding tert-OH is 2. The van der Waals surface area contributed by atoms with Crippen LogP contribution in [0.25, 0.3) is 0 Å². The van der Waals surface area contributed by atoms with Crippen LogP contribution in [0.15, 0.2) is 36.4 Å². The molecule has 0 heterocycles. The number of carbonyl (C=O) groups is 1. The maximum Gasteiger partial charge on any atom is 0.408 e. The van der Waals surface area contributed by atoms with Crippen molar-refractivity contribution in [1.29, 1.82) is 0 Å². The van der Waals surface area contributed by atoms with Crippen LogP contribution in [0, 0.1) is 0 Å². The molecule has 0 saturated carbocycles. The number of nitrogens with two attached hydrogens (primary N) is 1. The monoisotopic (exact) mass is 500 g/mol. The summed E-state index contributed by atoms with van der Waals surface area (Å²) >= 11 is 0. The van der Waals surface area contributed by atoms with Gasteiger partial charge in [0, 0.05) is 12.0 Å². The number of aliphatic hydroxyl groups is 2. The fourth-order valence-electron chi connectivity index (χ4n) is 4.86. The number of carbonyl (C=O) groups excluding carboxylic acids is 1. The molecule has 4 rings (SSSR count). The van der Waals surface area contributed by atoms with Gasteiger partial charge in [0.15, 0.2) is 0 Å². The minimum absolute atomic E-state index is 0.0322. The lowest BCUT2D eigenvalue weighted by Crippen LogP contribution is -2.55. The van der Waals surface area contributed by atoms with E-state index < -0.39 is 22.8 Å². The Morgan fingerprint density at radius 2 is 1.64 bits per heavy atom. The molecule has 8 nitrogen and oxygen atoms in total. The van der Waals surface area contributed by atoms with Gasteiger partial charge in [-0.05, 0) is 87.3 Å². The minimum Gasteiger partial charge on any atom is -0.508 e. The summed E-state index contributed by atoms with van der Waals surface area (Å²) in [4.78, 5) is 12.0. The van der Waals surface area contributed by atoms with E-state index in [-0.39, 0.29) is 19.0 Å². The molecule has 0 aromatic heterocycles. The second-order valence-electron chi connectivity index (χ2n) is 11.0. The first-order valence-corrected chi connectivity index (χ1v) is 12.4.